The number of esters is 3. The van der Waals surface area contributed by atoms with Crippen LogP contribution < -0.4 is 10.6 Å². The van der Waals surface area contributed by atoms with Gasteiger partial charge in [-0.15, -0.1) is 5.06 Å². The lowest BCUT2D eigenvalue weighted by Crippen LogP contribution is -2.47. The normalized spacial score (nSPS) is 14.4. The van der Waals surface area contributed by atoms with E-state index < -0.39 is 70.9 Å². The maximum atomic E-state index is 13.1. The monoisotopic (exact) mass is 838 g/mol. The molecule has 1 heterocycles. The molecule has 15 heteroatoms. The molecule has 0 aromatic heterocycles. The molecule has 0 radical (unpaired) electrons. The predicted molar refractivity (Wildman–Crippen MR) is 221 cm³/mol. The van der Waals surface area contributed by atoms with Crippen LogP contribution in [0.25, 0.3) is 0 Å². The molecule has 2 N–H and O–H groups in total. The van der Waals surface area contributed by atoms with Gasteiger partial charge in [0, 0.05) is 32.1 Å². The van der Waals surface area contributed by atoms with Crippen LogP contribution in [0.3, 0.4) is 0 Å². The molecule has 2 atom stereocenters. The minimum atomic E-state index is -1.28. The van der Waals surface area contributed by atoms with Crippen molar-refractivity contribution < 1.29 is 57.4 Å². The zero-order valence-electron chi connectivity index (χ0n) is 37.6. The summed E-state index contributed by atoms with van der Waals surface area (Å²) < 4.78 is 16.3. The number of hydrogen-bond donors (Lipinski definition) is 2. The van der Waals surface area contributed by atoms with E-state index in [9.17, 15) is 38.4 Å². The van der Waals surface area contributed by atoms with Gasteiger partial charge in [-0.2, -0.15) is 0 Å². The number of hydrogen-bond acceptors (Lipinski definition) is 12. The van der Waals surface area contributed by atoms with Crippen LogP contribution in [-0.2, 0) is 57.4 Å². The second-order valence-electron chi connectivity index (χ2n) is 18.5. The van der Waals surface area contributed by atoms with E-state index in [0.29, 0.717) is 17.9 Å². The second-order valence-corrected chi connectivity index (χ2v) is 18.5. The number of rotatable bonds is 28. The van der Waals surface area contributed by atoms with Crippen molar-refractivity contribution in [3.63, 3.8) is 0 Å². The van der Waals surface area contributed by atoms with Crippen LogP contribution in [-0.4, -0.2) is 81.5 Å². The van der Waals surface area contributed by atoms with Gasteiger partial charge in [0.15, 0.2) is 0 Å². The zero-order valence-corrected chi connectivity index (χ0v) is 37.6. The largest absolute Gasteiger partial charge is 0.460 e. The summed E-state index contributed by atoms with van der Waals surface area (Å²) in [4.78, 5) is 105. The third kappa shape index (κ3) is 27.4. The van der Waals surface area contributed by atoms with E-state index in [1.165, 1.54) is 38.5 Å². The summed E-state index contributed by atoms with van der Waals surface area (Å²) in [5.74, 6) is -4.80. The highest BCUT2D eigenvalue weighted by atomic mass is 16.7. The number of carbonyl (C=O) groups excluding carboxylic acids is 8. The van der Waals surface area contributed by atoms with Crippen LogP contribution >= 0.6 is 0 Å². The van der Waals surface area contributed by atoms with Crippen LogP contribution in [0.1, 0.15) is 204 Å². The van der Waals surface area contributed by atoms with Gasteiger partial charge in [0.05, 0.1) is 6.42 Å². The lowest BCUT2D eigenvalue weighted by molar-refractivity contribution is -0.197. The van der Waals surface area contributed by atoms with Crippen LogP contribution in [0.4, 0.5) is 0 Å². The number of amides is 4. The van der Waals surface area contributed by atoms with E-state index in [-0.39, 0.29) is 50.4 Å². The van der Waals surface area contributed by atoms with Crippen molar-refractivity contribution in [3.05, 3.63) is 0 Å². The number of hydroxylamine groups is 2. The van der Waals surface area contributed by atoms with Crippen molar-refractivity contribution in [1.82, 2.24) is 15.7 Å². The maximum absolute atomic E-state index is 13.1. The van der Waals surface area contributed by atoms with E-state index in [0.717, 1.165) is 44.9 Å². The number of imide groups is 1. The van der Waals surface area contributed by atoms with Gasteiger partial charge < -0.3 is 29.7 Å². The fourth-order valence-electron chi connectivity index (χ4n) is 6.19. The molecule has 1 rings (SSSR count). The van der Waals surface area contributed by atoms with E-state index in [4.69, 9.17) is 19.0 Å². The highest BCUT2D eigenvalue weighted by Crippen LogP contribution is 2.18. The Hall–Kier alpha value is -4.04. The molecule has 1 saturated heterocycles. The summed E-state index contributed by atoms with van der Waals surface area (Å²) in [5.41, 5.74) is -2.16. The number of carbonyl (C=O) groups is 8. The van der Waals surface area contributed by atoms with Gasteiger partial charge in [-0.1, -0.05) is 77.0 Å². The summed E-state index contributed by atoms with van der Waals surface area (Å²) in [5, 5.41) is 5.67. The molecule has 1 aliphatic heterocycles. The van der Waals surface area contributed by atoms with Crippen molar-refractivity contribution in [2.24, 2.45) is 0 Å². The average Bonchev–Trinajstić information content (AvgIpc) is 3.41. The standard InChI is InChI=1S/C44H75N3O12/c1-42(2,3)56-38(52)25-23-21-19-17-15-13-11-10-12-14-16-18-20-22-24-34(48)45-32(40(54)57-43(4,5)6)26-28-35(49)46-33(41(55)58-44(7,8)9)27-31-39(53)59-47-36(50)29-30-37(47)51/h32-33H,10-31H2,1-9H3,(H,45,48)(H,46,49)/t32-,33-/m0/s1. The Bertz CT molecular complexity index is 1360. The third-order valence-corrected chi connectivity index (χ3v) is 9.00. The Labute approximate surface area is 352 Å². The number of ether oxygens (including phenoxy) is 3. The van der Waals surface area contributed by atoms with Crippen LogP contribution in [0, 0.1) is 0 Å². The van der Waals surface area contributed by atoms with Gasteiger partial charge in [0.1, 0.15) is 28.9 Å². The lowest BCUT2D eigenvalue weighted by atomic mass is 10.0. The highest BCUT2D eigenvalue weighted by Gasteiger charge is 2.34. The van der Waals surface area contributed by atoms with Gasteiger partial charge in [-0.25, -0.2) is 14.4 Å². The van der Waals surface area contributed by atoms with E-state index >= 15 is 0 Å². The molecule has 59 heavy (non-hydrogen) atoms. The number of unbranched alkanes of at least 4 members (excludes halogenated alkanes) is 13. The number of nitrogens with one attached hydrogen (secondary N) is 2. The first-order valence-electron chi connectivity index (χ1n) is 21.8. The Morgan fingerprint density at radius 2 is 0.814 bits per heavy atom. The molecule has 0 aromatic carbocycles. The Balaban J connectivity index is 2.45. The Morgan fingerprint density at radius 1 is 0.475 bits per heavy atom. The molecule has 0 aliphatic carbocycles. The molecule has 1 aliphatic rings. The molecule has 4 amide bonds. The predicted octanol–water partition coefficient (Wildman–Crippen LogP) is 7.39. The van der Waals surface area contributed by atoms with Gasteiger partial charge in [-0.05, 0) is 88.0 Å². The smallest absolute Gasteiger partial charge is 0.333 e. The molecular formula is C44H75N3O12. The van der Waals surface area contributed by atoms with Gasteiger partial charge in [0.25, 0.3) is 11.8 Å². The minimum Gasteiger partial charge on any atom is -0.460 e. The fourth-order valence-corrected chi connectivity index (χ4v) is 6.19. The average molecular weight is 838 g/mol. The summed E-state index contributed by atoms with van der Waals surface area (Å²) in [6.07, 6.45) is 14.7. The fraction of sp³-hybridized carbons (Fsp3) is 0.818. The van der Waals surface area contributed by atoms with Crippen molar-refractivity contribution in [1.29, 1.82) is 0 Å². The van der Waals surface area contributed by atoms with Gasteiger partial charge in [-0.3, -0.25) is 24.0 Å². The molecule has 338 valence electrons. The topological polar surface area (TPSA) is 201 Å². The van der Waals surface area contributed by atoms with Crippen LogP contribution in [0.2, 0.25) is 0 Å². The molecule has 0 bridgehead atoms. The first-order chi connectivity index (χ1) is 27.5. The van der Waals surface area contributed by atoms with Crippen molar-refractivity contribution in [2.75, 3.05) is 0 Å². The van der Waals surface area contributed by atoms with E-state index in [1.54, 1.807) is 41.5 Å². The maximum Gasteiger partial charge on any atom is 0.333 e. The first-order valence-corrected chi connectivity index (χ1v) is 21.8. The van der Waals surface area contributed by atoms with Crippen molar-refractivity contribution in [2.45, 2.75) is 232 Å². The molecule has 15 nitrogen and oxygen atoms in total. The van der Waals surface area contributed by atoms with Gasteiger partial charge in [0.2, 0.25) is 11.8 Å². The Morgan fingerprint density at radius 3 is 1.20 bits per heavy atom. The van der Waals surface area contributed by atoms with Crippen LogP contribution in [0.5, 0.6) is 0 Å². The van der Waals surface area contributed by atoms with Gasteiger partial charge >= 0.3 is 23.9 Å². The number of nitrogens with zero attached hydrogens (tertiary/aromatic N) is 1. The third-order valence-electron chi connectivity index (χ3n) is 9.00. The summed E-state index contributed by atoms with van der Waals surface area (Å²) in [6, 6.07) is -2.39. The quantitative estimate of drug-likeness (QED) is 0.0343. The summed E-state index contributed by atoms with van der Waals surface area (Å²) >= 11 is 0. The van der Waals surface area contributed by atoms with Crippen LogP contribution in [0.15, 0.2) is 0 Å². The second kappa shape index (κ2) is 26.9. The molecule has 0 spiro atoms. The molecule has 1 fully saturated rings. The minimum absolute atomic E-state index is 0.0701. The van der Waals surface area contributed by atoms with E-state index in [1.807, 2.05) is 20.8 Å². The summed E-state index contributed by atoms with van der Waals surface area (Å²) in [6.45, 7) is 15.7. The highest BCUT2D eigenvalue weighted by molar-refractivity contribution is 6.01. The summed E-state index contributed by atoms with van der Waals surface area (Å²) in [7, 11) is 0. The first kappa shape index (κ1) is 53.0. The molecule has 0 unspecified atom stereocenters. The van der Waals surface area contributed by atoms with Crippen molar-refractivity contribution in [3.8, 4) is 0 Å². The van der Waals surface area contributed by atoms with Crippen molar-refractivity contribution >= 4 is 47.5 Å². The molecule has 0 saturated carbocycles. The SMILES string of the molecule is CC(C)(C)OC(=O)CCCCCCCCCCCCCCCCC(=O)N[C@@H](CCC(=O)N[C@@H](CCC(=O)ON1C(=O)CCC1=O)C(=O)OC(C)(C)C)C(=O)OC(C)(C)C. The molecule has 0 aromatic rings. The lowest BCUT2D eigenvalue weighted by Gasteiger charge is -2.26. The van der Waals surface area contributed by atoms with E-state index in [2.05, 4.69) is 10.6 Å². The molecular weight excluding hydrogens is 762 g/mol. The zero-order chi connectivity index (χ0) is 44.6. The Kier molecular flexibility index (Phi) is 24.2.